The molecule has 108 valence electrons. The number of hydrogen-bond acceptors (Lipinski definition) is 5. The van der Waals surface area contributed by atoms with Gasteiger partial charge >= 0.3 is 0 Å². The molecule has 20 heavy (non-hydrogen) atoms. The number of nitrogens with zero attached hydrogens (tertiary/aromatic N) is 3. The quantitative estimate of drug-likeness (QED) is 0.841. The summed E-state index contributed by atoms with van der Waals surface area (Å²) in [7, 11) is 0. The lowest BCUT2D eigenvalue weighted by molar-refractivity contribution is 0.352. The van der Waals surface area contributed by atoms with E-state index in [-0.39, 0.29) is 0 Å². The van der Waals surface area contributed by atoms with E-state index in [1.807, 2.05) is 19.1 Å². The smallest absolute Gasteiger partial charge is 0.228 e. The summed E-state index contributed by atoms with van der Waals surface area (Å²) in [6, 6.07) is 4.29. The van der Waals surface area contributed by atoms with Gasteiger partial charge in [0.1, 0.15) is 5.69 Å². The average Bonchev–Trinajstić information content (AvgIpc) is 2.88. The molecule has 2 rings (SSSR count). The highest BCUT2D eigenvalue weighted by atomic mass is 16.5. The summed E-state index contributed by atoms with van der Waals surface area (Å²) in [4.78, 5) is 8.78. The summed E-state index contributed by atoms with van der Waals surface area (Å²) >= 11 is 0. The van der Waals surface area contributed by atoms with Crippen LogP contribution in [0, 0.1) is 6.92 Å². The van der Waals surface area contributed by atoms with E-state index in [1.165, 1.54) is 0 Å². The topological polar surface area (TPSA) is 63.8 Å². The predicted molar refractivity (Wildman–Crippen MR) is 78.3 cm³/mol. The molecule has 0 amide bonds. The summed E-state index contributed by atoms with van der Waals surface area (Å²) < 4.78 is 5.36. The number of hydrogen-bond donors (Lipinski definition) is 1. The largest absolute Gasteiger partial charge is 0.339 e. The van der Waals surface area contributed by atoms with E-state index in [9.17, 15) is 0 Å². The SMILES string of the molecule is CCCC(Cc1nc(-c2ncccc2C)no1)NCC. The summed E-state index contributed by atoms with van der Waals surface area (Å²) in [6.07, 6.45) is 4.75. The van der Waals surface area contributed by atoms with E-state index < -0.39 is 0 Å². The van der Waals surface area contributed by atoms with Crippen molar-refractivity contribution in [3.8, 4) is 11.5 Å². The molecule has 5 nitrogen and oxygen atoms in total. The van der Waals surface area contributed by atoms with Gasteiger partial charge in [0, 0.05) is 18.7 Å². The first-order valence-corrected chi connectivity index (χ1v) is 7.22. The minimum Gasteiger partial charge on any atom is -0.339 e. The molecule has 0 saturated heterocycles. The zero-order valence-corrected chi connectivity index (χ0v) is 12.4. The molecule has 0 aliphatic rings. The van der Waals surface area contributed by atoms with Crippen LogP contribution in [0.25, 0.3) is 11.5 Å². The van der Waals surface area contributed by atoms with Gasteiger partial charge in [0.25, 0.3) is 0 Å². The van der Waals surface area contributed by atoms with E-state index in [0.717, 1.165) is 37.1 Å². The third-order valence-electron chi connectivity index (χ3n) is 3.24. The van der Waals surface area contributed by atoms with Crippen LogP contribution >= 0.6 is 0 Å². The molecule has 0 aliphatic heterocycles. The third kappa shape index (κ3) is 3.63. The maximum absolute atomic E-state index is 5.36. The van der Waals surface area contributed by atoms with Crippen molar-refractivity contribution in [3.05, 3.63) is 29.8 Å². The van der Waals surface area contributed by atoms with Crippen LogP contribution in [0.15, 0.2) is 22.9 Å². The van der Waals surface area contributed by atoms with Crippen molar-refractivity contribution in [1.29, 1.82) is 0 Å². The van der Waals surface area contributed by atoms with Crippen LogP contribution in [0.5, 0.6) is 0 Å². The molecule has 0 saturated carbocycles. The van der Waals surface area contributed by atoms with Gasteiger partial charge in [-0.1, -0.05) is 31.5 Å². The van der Waals surface area contributed by atoms with Crippen LogP contribution < -0.4 is 5.32 Å². The first kappa shape index (κ1) is 14.7. The van der Waals surface area contributed by atoms with Crippen LogP contribution in [0.3, 0.4) is 0 Å². The summed E-state index contributed by atoms with van der Waals surface area (Å²) in [5.41, 5.74) is 1.84. The Morgan fingerprint density at radius 1 is 1.35 bits per heavy atom. The van der Waals surface area contributed by atoms with Crippen molar-refractivity contribution in [2.24, 2.45) is 0 Å². The average molecular weight is 274 g/mol. The molecule has 0 aliphatic carbocycles. The number of rotatable bonds is 7. The van der Waals surface area contributed by atoms with Gasteiger partial charge in [-0.2, -0.15) is 4.98 Å². The first-order valence-electron chi connectivity index (χ1n) is 7.22. The Labute approximate surface area is 119 Å². The van der Waals surface area contributed by atoms with Crippen LogP contribution in [0.2, 0.25) is 0 Å². The molecule has 0 aromatic carbocycles. The molecule has 2 aromatic rings. The van der Waals surface area contributed by atoms with Crippen LogP contribution in [0.1, 0.15) is 38.1 Å². The highest BCUT2D eigenvalue weighted by Crippen LogP contribution is 2.17. The van der Waals surface area contributed by atoms with Crippen molar-refractivity contribution >= 4 is 0 Å². The lowest BCUT2D eigenvalue weighted by Gasteiger charge is -2.14. The lowest BCUT2D eigenvalue weighted by atomic mass is 10.1. The zero-order chi connectivity index (χ0) is 14.4. The summed E-state index contributed by atoms with van der Waals surface area (Å²) in [5, 5.41) is 7.49. The fraction of sp³-hybridized carbons (Fsp3) is 0.533. The molecule has 1 unspecified atom stereocenters. The maximum atomic E-state index is 5.36. The fourth-order valence-electron chi connectivity index (χ4n) is 2.28. The van der Waals surface area contributed by atoms with Crippen molar-refractivity contribution in [2.45, 2.75) is 46.1 Å². The lowest BCUT2D eigenvalue weighted by Crippen LogP contribution is -2.30. The van der Waals surface area contributed by atoms with E-state index in [2.05, 4.69) is 34.3 Å². The Balaban J connectivity index is 2.10. The second-order valence-electron chi connectivity index (χ2n) is 4.93. The summed E-state index contributed by atoms with van der Waals surface area (Å²) in [5.74, 6) is 1.24. The van der Waals surface area contributed by atoms with Crippen molar-refractivity contribution in [2.75, 3.05) is 6.54 Å². The van der Waals surface area contributed by atoms with Crippen molar-refractivity contribution in [1.82, 2.24) is 20.4 Å². The maximum Gasteiger partial charge on any atom is 0.228 e. The number of aryl methyl sites for hydroxylation is 1. The van der Waals surface area contributed by atoms with Crippen LogP contribution in [-0.4, -0.2) is 27.7 Å². The third-order valence-corrected chi connectivity index (χ3v) is 3.24. The van der Waals surface area contributed by atoms with E-state index in [0.29, 0.717) is 17.8 Å². The van der Waals surface area contributed by atoms with Gasteiger partial charge < -0.3 is 9.84 Å². The van der Waals surface area contributed by atoms with Gasteiger partial charge in [-0.25, -0.2) is 0 Å². The highest BCUT2D eigenvalue weighted by Gasteiger charge is 2.15. The van der Waals surface area contributed by atoms with E-state index >= 15 is 0 Å². The van der Waals surface area contributed by atoms with Crippen LogP contribution in [-0.2, 0) is 6.42 Å². The van der Waals surface area contributed by atoms with Gasteiger partial charge in [0.2, 0.25) is 11.7 Å². The number of aromatic nitrogens is 3. The van der Waals surface area contributed by atoms with Gasteiger partial charge in [0.15, 0.2) is 0 Å². The van der Waals surface area contributed by atoms with E-state index in [1.54, 1.807) is 6.20 Å². The minimum atomic E-state index is 0.392. The Morgan fingerprint density at radius 3 is 2.90 bits per heavy atom. The Bertz CT molecular complexity index is 532. The zero-order valence-electron chi connectivity index (χ0n) is 12.4. The van der Waals surface area contributed by atoms with Crippen LogP contribution in [0.4, 0.5) is 0 Å². The standard InChI is InChI=1S/C15H22N4O/c1-4-7-12(16-5-2)10-13-18-15(19-20-13)14-11(3)8-6-9-17-14/h6,8-9,12,16H,4-5,7,10H2,1-3H3. The molecule has 0 fully saturated rings. The number of nitrogens with one attached hydrogen (secondary N) is 1. The van der Waals surface area contributed by atoms with Gasteiger partial charge in [0.05, 0.1) is 0 Å². The van der Waals surface area contributed by atoms with Crippen molar-refractivity contribution < 1.29 is 4.52 Å². The van der Waals surface area contributed by atoms with Gasteiger partial charge in [-0.05, 0) is 31.5 Å². The predicted octanol–water partition coefficient (Wildman–Crippen LogP) is 2.76. The molecule has 1 N–H and O–H groups in total. The molecule has 2 aromatic heterocycles. The number of pyridine rings is 1. The van der Waals surface area contributed by atoms with Gasteiger partial charge in [-0.15, -0.1) is 0 Å². The monoisotopic (exact) mass is 274 g/mol. The minimum absolute atomic E-state index is 0.392. The Hall–Kier alpha value is -1.75. The second kappa shape index (κ2) is 7.14. The molecular weight excluding hydrogens is 252 g/mol. The molecule has 1 atom stereocenters. The highest BCUT2D eigenvalue weighted by molar-refractivity contribution is 5.53. The Kier molecular flexibility index (Phi) is 5.24. The van der Waals surface area contributed by atoms with Crippen molar-refractivity contribution in [3.63, 3.8) is 0 Å². The molecule has 5 heteroatoms. The molecule has 0 bridgehead atoms. The van der Waals surface area contributed by atoms with E-state index in [4.69, 9.17) is 4.52 Å². The first-order chi connectivity index (χ1) is 9.74. The molecular formula is C15H22N4O. The number of likely N-dealkylation sites (N-methyl/N-ethyl adjacent to an activating group) is 1. The second-order valence-corrected chi connectivity index (χ2v) is 4.93. The molecule has 2 heterocycles. The Morgan fingerprint density at radius 2 is 2.20 bits per heavy atom. The normalized spacial score (nSPS) is 12.6. The summed E-state index contributed by atoms with van der Waals surface area (Å²) in [6.45, 7) is 7.24. The van der Waals surface area contributed by atoms with Gasteiger partial charge in [-0.3, -0.25) is 4.98 Å². The molecule has 0 spiro atoms. The molecule has 0 radical (unpaired) electrons. The fourth-order valence-corrected chi connectivity index (χ4v) is 2.28.